The van der Waals surface area contributed by atoms with E-state index in [0.717, 1.165) is 36.8 Å². The highest BCUT2D eigenvalue weighted by Crippen LogP contribution is 2.27. The Morgan fingerprint density at radius 3 is 2.28 bits per heavy atom. The van der Waals surface area contributed by atoms with Crippen LogP contribution >= 0.6 is 0 Å². The molecule has 1 aliphatic rings. The van der Waals surface area contributed by atoms with Gasteiger partial charge in [-0.15, -0.1) is 0 Å². The molecule has 0 saturated heterocycles. The first-order valence-electron chi connectivity index (χ1n) is 11.4. The molecule has 3 N–H and O–H groups in total. The number of hydrogen-bond acceptors (Lipinski definition) is 4. The van der Waals surface area contributed by atoms with E-state index in [1.165, 1.54) is 6.42 Å². The third kappa shape index (κ3) is 5.99. The summed E-state index contributed by atoms with van der Waals surface area (Å²) in [7, 11) is 1.59. The van der Waals surface area contributed by atoms with Gasteiger partial charge in [0.05, 0.1) is 0 Å². The standard InChI is InChI=1S/C25H33N3O4/c1-16(2)23(29)27-15-17-9-11-18(12-10-17)20-13-14-21(32-20)24(30)28-22(25(31)26-3)19-7-5-4-6-8-19/h9-14,16,19,22H,4-8,15H2,1-3H3,(H,26,31)(H,27,29)(H,28,30). The van der Waals surface area contributed by atoms with Gasteiger partial charge in [0.1, 0.15) is 11.8 Å². The molecule has 1 saturated carbocycles. The van der Waals surface area contributed by atoms with E-state index in [1.54, 1.807) is 19.2 Å². The molecule has 1 heterocycles. The lowest BCUT2D eigenvalue weighted by atomic mass is 9.83. The molecule has 2 aromatic rings. The van der Waals surface area contributed by atoms with Gasteiger partial charge in [-0.1, -0.05) is 57.4 Å². The summed E-state index contributed by atoms with van der Waals surface area (Å²) in [6.07, 6.45) is 5.21. The molecule has 7 nitrogen and oxygen atoms in total. The smallest absolute Gasteiger partial charge is 0.287 e. The SMILES string of the molecule is CNC(=O)C(NC(=O)c1ccc(-c2ccc(CNC(=O)C(C)C)cc2)o1)C1CCCCC1. The maximum Gasteiger partial charge on any atom is 0.287 e. The highest BCUT2D eigenvalue weighted by molar-refractivity contribution is 5.96. The van der Waals surface area contributed by atoms with Gasteiger partial charge in [0.2, 0.25) is 11.8 Å². The highest BCUT2D eigenvalue weighted by atomic mass is 16.4. The second-order valence-corrected chi connectivity index (χ2v) is 8.70. The zero-order chi connectivity index (χ0) is 23.1. The maximum absolute atomic E-state index is 12.8. The molecule has 32 heavy (non-hydrogen) atoms. The Bertz CT molecular complexity index is 927. The van der Waals surface area contributed by atoms with Crippen LogP contribution in [0.25, 0.3) is 11.3 Å². The van der Waals surface area contributed by atoms with Crippen molar-refractivity contribution in [1.82, 2.24) is 16.0 Å². The van der Waals surface area contributed by atoms with Crippen LogP contribution in [0.15, 0.2) is 40.8 Å². The van der Waals surface area contributed by atoms with E-state index in [9.17, 15) is 14.4 Å². The van der Waals surface area contributed by atoms with E-state index >= 15 is 0 Å². The van der Waals surface area contributed by atoms with Crippen LogP contribution in [0.4, 0.5) is 0 Å². The lowest BCUT2D eigenvalue weighted by Gasteiger charge is -2.29. The maximum atomic E-state index is 12.8. The van der Waals surface area contributed by atoms with Crippen molar-refractivity contribution < 1.29 is 18.8 Å². The van der Waals surface area contributed by atoms with Crippen LogP contribution < -0.4 is 16.0 Å². The fraction of sp³-hybridized carbons (Fsp3) is 0.480. The molecular formula is C25H33N3O4. The number of nitrogens with one attached hydrogen (secondary N) is 3. The summed E-state index contributed by atoms with van der Waals surface area (Å²) in [5.74, 6) is 0.300. The molecule has 172 valence electrons. The molecule has 1 aliphatic carbocycles. The first-order chi connectivity index (χ1) is 15.4. The molecule has 1 atom stereocenters. The summed E-state index contributed by atoms with van der Waals surface area (Å²) < 4.78 is 5.79. The number of benzene rings is 1. The topological polar surface area (TPSA) is 100 Å². The molecule has 0 bridgehead atoms. The van der Waals surface area contributed by atoms with Crippen LogP contribution in [0.1, 0.15) is 62.1 Å². The Morgan fingerprint density at radius 2 is 1.66 bits per heavy atom. The lowest BCUT2D eigenvalue weighted by molar-refractivity contribution is -0.124. The molecule has 1 aromatic heterocycles. The van der Waals surface area contributed by atoms with Crippen LogP contribution in [0.3, 0.4) is 0 Å². The van der Waals surface area contributed by atoms with E-state index in [1.807, 2.05) is 38.1 Å². The summed E-state index contributed by atoms with van der Waals surface area (Å²) in [4.78, 5) is 36.9. The van der Waals surface area contributed by atoms with E-state index in [4.69, 9.17) is 4.42 Å². The summed E-state index contributed by atoms with van der Waals surface area (Å²) in [5.41, 5.74) is 1.81. The van der Waals surface area contributed by atoms with Crippen LogP contribution in [-0.4, -0.2) is 30.8 Å². The van der Waals surface area contributed by atoms with Crippen LogP contribution in [-0.2, 0) is 16.1 Å². The van der Waals surface area contributed by atoms with E-state index < -0.39 is 6.04 Å². The molecule has 0 aliphatic heterocycles. The van der Waals surface area contributed by atoms with Crippen molar-refractivity contribution in [3.05, 3.63) is 47.7 Å². The third-order valence-electron chi connectivity index (χ3n) is 6.00. The molecule has 7 heteroatoms. The number of carbonyl (C=O) groups is 3. The molecule has 0 radical (unpaired) electrons. The van der Waals surface area contributed by atoms with E-state index in [2.05, 4.69) is 16.0 Å². The second kappa shape index (κ2) is 11.0. The number of amides is 3. The largest absolute Gasteiger partial charge is 0.451 e. The number of rotatable bonds is 8. The number of carbonyl (C=O) groups excluding carboxylic acids is 3. The minimum Gasteiger partial charge on any atom is -0.451 e. The molecule has 3 rings (SSSR count). The lowest BCUT2D eigenvalue weighted by Crippen LogP contribution is -2.50. The summed E-state index contributed by atoms with van der Waals surface area (Å²) in [6, 6.07) is 10.5. The van der Waals surface area contributed by atoms with Crippen molar-refractivity contribution in [3.63, 3.8) is 0 Å². The fourth-order valence-corrected chi connectivity index (χ4v) is 4.03. The van der Waals surface area contributed by atoms with Crippen molar-refractivity contribution in [2.75, 3.05) is 7.05 Å². The molecule has 1 unspecified atom stereocenters. The first-order valence-corrected chi connectivity index (χ1v) is 11.4. The fourth-order valence-electron chi connectivity index (χ4n) is 4.03. The van der Waals surface area contributed by atoms with Crippen molar-refractivity contribution in [1.29, 1.82) is 0 Å². The number of likely N-dealkylation sites (N-methyl/N-ethyl adjacent to an activating group) is 1. The molecule has 1 fully saturated rings. The Hall–Kier alpha value is -3.09. The third-order valence-corrected chi connectivity index (χ3v) is 6.00. The highest BCUT2D eigenvalue weighted by Gasteiger charge is 2.31. The van der Waals surface area contributed by atoms with Gasteiger partial charge >= 0.3 is 0 Å². The van der Waals surface area contributed by atoms with Crippen molar-refractivity contribution in [2.24, 2.45) is 11.8 Å². The zero-order valence-electron chi connectivity index (χ0n) is 19.1. The van der Waals surface area contributed by atoms with Gasteiger partial charge in [-0.25, -0.2) is 0 Å². The minimum absolute atomic E-state index is 0.0130. The van der Waals surface area contributed by atoms with Gasteiger partial charge in [-0.3, -0.25) is 14.4 Å². The Morgan fingerprint density at radius 1 is 0.969 bits per heavy atom. The van der Waals surface area contributed by atoms with Crippen molar-refractivity contribution in [3.8, 4) is 11.3 Å². The van der Waals surface area contributed by atoms with Crippen LogP contribution in [0.2, 0.25) is 0 Å². The Labute approximate surface area is 189 Å². The molecule has 1 aromatic carbocycles. The van der Waals surface area contributed by atoms with Crippen LogP contribution in [0, 0.1) is 11.8 Å². The Balaban J connectivity index is 1.64. The van der Waals surface area contributed by atoms with Crippen molar-refractivity contribution >= 4 is 17.7 Å². The quantitative estimate of drug-likeness (QED) is 0.585. The zero-order valence-corrected chi connectivity index (χ0v) is 19.1. The average molecular weight is 440 g/mol. The summed E-state index contributed by atoms with van der Waals surface area (Å²) in [5, 5.41) is 8.44. The Kier molecular flexibility index (Phi) is 8.09. The molecule has 0 spiro atoms. The van der Waals surface area contributed by atoms with Gasteiger partial charge in [0.15, 0.2) is 5.76 Å². The minimum atomic E-state index is -0.554. The van der Waals surface area contributed by atoms with Gasteiger partial charge in [0.25, 0.3) is 5.91 Å². The second-order valence-electron chi connectivity index (χ2n) is 8.70. The normalized spacial score (nSPS) is 15.2. The predicted octanol–water partition coefficient (Wildman–Crippen LogP) is 3.64. The van der Waals surface area contributed by atoms with Gasteiger partial charge in [-0.05, 0) is 36.5 Å². The number of hydrogen-bond donors (Lipinski definition) is 3. The first kappa shape index (κ1) is 23.6. The molecular weight excluding hydrogens is 406 g/mol. The van der Waals surface area contributed by atoms with E-state index in [-0.39, 0.29) is 35.3 Å². The number of furan rings is 1. The van der Waals surface area contributed by atoms with Crippen molar-refractivity contribution in [2.45, 2.75) is 58.5 Å². The monoisotopic (exact) mass is 439 g/mol. The average Bonchev–Trinajstić information content (AvgIpc) is 3.31. The van der Waals surface area contributed by atoms with Gasteiger partial charge < -0.3 is 20.4 Å². The summed E-state index contributed by atoms with van der Waals surface area (Å²) in [6.45, 7) is 4.18. The van der Waals surface area contributed by atoms with E-state index in [0.29, 0.717) is 12.3 Å². The van der Waals surface area contributed by atoms with Crippen LogP contribution in [0.5, 0.6) is 0 Å². The van der Waals surface area contributed by atoms with Gasteiger partial charge in [-0.2, -0.15) is 0 Å². The predicted molar refractivity (Wildman–Crippen MR) is 123 cm³/mol. The van der Waals surface area contributed by atoms with Gasteiger partial charge in [0, 0.05) is 25.1 Å². The summed E-state index contributed by atoms with van der Waals surface area (Å²) >= 11 is 0. The molecule has 3 amide bonds.